The van der Waals surface area contributed by atoms with E-state index in [1.165, 1.54) is 18.5 Å². The summed E-state index contributed by atoms with van der Waals surface area (Å²) in [4.78, 5) is 36.5. The van der Waals surface area contributed by atoms with Crippen LogP contribution in [-0.2, 0) is 21.1 Å². The zero-order valence-electron chi connectivity index (χ0n) is 35.5. The molecule has 7 rings (SSSR count). The Hall–Kier alpha value is -5.96. The smallest absolute Gasteiger partial charge is 0.293 e. The SMILES string of the molecule is CN(C)CC[C@H](CSc1ccccc1)Nc1ccc(S(=O)(=O)Nc2ccc(N3CCN(c4cccc(-c5c(C(=O)NCS(=O)[O-])ncn5-c5ccc(Cl)cc5)c4)CC3)cc2)cc1[N+](=O)[O-]. The van der Waals surface area contributed by atoms with Gasteiger partial charge in [-0.25, -0.2) is 13.4 Å². The van der Waals surface area contributed by atoms with E-state index in [0.717, 1.165) is 28.9 Å². The molecule has 20 heteroatoms. The van der Waals surface area contributed by atoms with E-state index in [4.69, 9.17) is 11.6 Å². The number of nitrogens with one attached hydrogen (secondary N) is 3. The highest BCUT2D eigenvalue weighted by molar-refractivity contribution is 7.99. The number of nitrogens with zero attached hydrogens (tertiary/aromatic N) is 6. The van der Waals surface area contributed by atoms with Crippen LogP contribution in [0.25, 0.3) is 16.9 Å². The Labute approximate surface area is 389 Å². The number of sulfonamides is 1. The van der Waals surface area contributed by atoms with Gasteiger partial charge in [0.25, 0.3) is 21.6 Å². The predicted octanol–water partition coefficient (Wildman–Crippen LogP) is 7.32. The minimum absolute atomic E-state index is 0.0685. The van der Waals surface area contributed by atoms with Crippen molar-refractivity contribution in [3.8, 4) is 16.9 Å². The van der Waals surface area contributed by atoms with Crippen LogP contribution in [0.5, 0.6) is 0 Å². The molecule has 0 aliphatic carbocycles. The van der Waals surface area contributed by atoms with Gasteiger partial charge >= 0.3 is 0 Å². The molecule has 5 aromatic carbocycles. The van der Waals surface area contributed by atoms with Crippen LogP contribution in [0, 0.1) is 10.1 Å². The van der Waals surface area contributed by atoms with Crippen molar-refractivity contribution in [2.45, 2.75) is 22.3 Å². The number of halogens is 1. The number of rotatable bonds is 19. The van der Waals surface area contributed by atoms with E-state index in [9.17, 15) is 32.1 Å². The first kappa shape index (κ1) is 47.0. The maximum Gasteiger partial charge on any atom is 0.293 e. The van der Waals surface area contributed by atoms with Crippen molar-refractivity contribution in [3.63, 3.8) is 0 Å². The van der Waals surface area contributed by atoms with Gasteiger partial charge in [-0.1, -0.05) is 41.9 Å². The molecule has 65 heavy (non-hydrogen) atoms. The lowest BCUT2D eigenvalue weighted by molar-refractivity contribution is -0.384. The molecule has 0 saturated carbocycles. The molecule has 1 unspecified atom stereocenters. The number of nitro benzene ring substituents is 1. The lowest BCUT2D eigenvalue weighted by Crippen LogP contribution is -2.46. The maximum atomic E-state index is 13.6. The van der Waals surface area contributed by atoms with Crippen molar-refractivity contribution in [3.05, 3.63) is 148 Å². The standard InChI is InChI=1S/C45H48ClN9O7S3/c1-51(2)22-21-35(29-63-39-9-4-3-5-10-39)49-41-20-19-40(28-42(41)55(57)58)65(61,62)50-34-13-17-36(18-14-34)52-23-25-53(26-24-52)38-8-6-7-32(27-38)44-43(45(56)48-31-64(59)60)47-30-54(44)37-15-11-33(46)12-16-37/h3-20,27-28,30,35,49-50H,21-26,29,31H2,1-2H3,(H,48,56)(H,59,60)/p-1/t35-/m1/s1. The van der Waals surface area contributed by atoms with E-state index < -0.39 is 37.8 Å². The maximum absolute atomic E-state index is 13.6. The van der Waals surface area contributed by atoms with Gasteiger partial charge in [-0.3, -0.25) is 28.4 Å². The van der Waals surface area contributed by atoms with Gasteiger partial charge < -0.3 is 29.9 Å². The number of carbonyl (C=O) groups excluding carboxylic acids is 1. The van der Waals surface area contributed by atoms with Crippen LogP contribution in [0.3, 0.4) is 0 Å². The summed E-state index contributed by atoms with van der Waals surface area (Å²) in [5, 5.41) is 18.5. The zero-order chi connectivity index (χ0) is 46.1. The Kier molecular flexibility index (Phi) is 15.4. The van der Waals surface area contributed by atoms with Crippen molar-refractivity contribution in [2.75, 3.05) is 78.3 Å². The molecule has 2 heterocycles. The second-order valence-corrected chi connectivity index (χ2v) is 19.5. The summed E-state index contributed by atoms with van der Waals surface area (Å²) in [6, 6.07) is 35.5. The molecule has 0 radical (unpaired) electrons. The van der Waals surface area contributed by atoms with E-state index in [-0.39, 0.29) is 28.0 Å². The summed E-state index contributed by atoms with van der Waals surface area (Å²) in [6.07, 6.45) is 2.23. The van der Waals surface area contributed by atoms with Gasteiger partial charge in [0.05, 0.1) is 21.4 Å². The van der Waals surface area contributed by atoms with Crippen LogP contribution < -0.4 is 25.2 Å². The van der Waals surface area contributed by atoms with Gasteiger partial charge in [-0.05, 0) is 123 Å². The molecular weight excluding hydrogens is 910 g/mol. The first-order chi connectivity index (χ1) is 31.2. The summed E-state index contributed by atoms with van der Waals surface area (Å²) in [5.41, 5.74) is 3.99. The monoisotopic (exact) mass is 956 g/mol. The molecule has 3 N–H and O–H groups in total. The first-order valence-electron chi connectivity index (χ1n) is 20.5. The number of anilines is 4. The van der Waals surface area contributed by atoms with Gasteiger partial charge in [0.1, 0.15) is 12.0 Å². The number of thioether (sulfide) groups is 1. The molecule has 2 atom stereocenters. The molecular formula is C45H47ClN9O7S3-. The molecule has 0 bridgehead atoms. The Bertz CT molecular complexity index is 2740. The van der Waals surface area contributed by atoms with E-state index in [0.29, 0.717) is 66.0 Å². The Balaban J connectivity index is 1.00. The lowest BCUT2D eigenvalue weighted by atomic mass is 10.1. The normalized spacial score (nSPS) is 13.9. The Morgan fingerprint density at radius 3 is 2.23 bits per heavy atom. The van der Waals surface area contributed by atoms with Gasteiger partial charge in [0, 0.05) is 82.3 Å². The average molecular weight is 958 g/mol. The minimum atomic E-state index is -4.18. The summed E-state index contributed by atoms with van der Waals surface area (Å²) >= 11 is 5.31. The van der Waals surface area contributed by atoms with Crippen molar-refractivity contribution in [1.82, 2.24) is 19.8 Å². The fourth-order valence-corrected chi connectivity index (χ4v) is 9.77. The summed E-state index contributed by atoms with van der Waals surface area (Å²) in [6.45, 7) is 3.38. The minimum Gasteiger partial charge on any atom is -0.771 e. The number of benzene rings is 5. The molecule has 1 aliphatic rings. The van der Waals surface area contributed by atoms with Crippen LogP contribution in [0.4, 0.5) is 28.4 Å². The summed E-state index contributed by atoms with van der Waals surface area (Å²) in [7, 11) is -0.252. The van der Waals surface area contributed by atoms with Gasteiger partial charge in [0.2, 0.25) is 0 Å². The topological polar surface area (TPSA) is 198 Å². The third-order valence-corrected chi connectivity index (χ3v) is 13.8. The lowest BCUT2D eigenvalue weighted by Gasteiger charge is -2.37. The molecule has 1 saturated heterocycles. The van der Waals surface area contributed by atoms with Crippen LogP contribution in [0.2, 0.25) is 5.02 Å². The number of hydrogen-bond donors (Lipinski definition) is 3. The molecule has 1 aliphatic heterocycles. The molecule has 1 fully saturated rings. The molecule has 16 nitrogen and oxygen atoms in total. The molecule has 0 spiro atoms. The van der Waals surface area contributed by atoms with E-state index in [1.54, 1.807) is 52.7 Å². The largest absolute Gasteiger partial charge is 0.771 e. The third kappa shape index (κ3) is 12.2. The molecule has 1 amide bonds. The highest BCUT2D eigenvalue weighted by Gasteiger charge is 2.26. The van der Waals surface area contributed by atoms with Gasteiger partial charge in [-0.2, -0.15) is 0 Å². The number of hydrogen-bond acceptors (Lipinski definition) is 13. The molecule has 1 aromatic heterocycles. The average Bonchev–Trinajstić information content (AvgIpc) is 3.75. The summed E-state index contributed by atoms with van der Waals surface area (Å²) in [5.74, 6) is -0.531. The van der Waals surface area contributed by atoms with Crippen LogP contribution in [-0.4, -0.2) is 107 Å². The number of nitro groups is 1. The fraction of sp³-hybridized carbons (Fsp3) is 0.244. The van der Waals surface area contributed by atoms with Crippen molar-refractivity contribution in [2.24, 2.45) is 0 Å². The number of amides is 1. The van der Waals surface area contributed by atoms with Crippen LogP contribution in [0.15, 0.2) is 137 Å². The van der Waals surface area contributed by atoms with Crippen molar-refractivity contribution in [1.29, 1.82) is 0 Å². The van der Waals surface area contributed by atoms with Crippen LogP contribution >= 0.6 is 23.4 Å². The van der Waals surface area contributed by atoms with E-state index in [2.05, 4.69) is 30.1 Å². The summed E-state index contributed by atoms with van der Waals surface area (Å²) < 4.78 is 53.9. The zero-order valence-corrected chi connectivity index (χ0v) is 38.7. The number of carbonyl (C=O) groups is 1. The van der Waals surface area contributed by atoms with Crippen molar-refractivity contribution < 1.29 is 26.9 Å². The number of aromatic nitrogens is 2. The van der Waals surface area contributed by atoms with Crippen LogP contribution in [0.1, 0.15) is 16.9 Å². The highest BCUT2D eigenvalue weighted by atomic mass is 35.5. The first-order valence-corrected chi connectivity index (χ1v) is 24.6. The molecule has 6 aromatic rings. The quantitative estimate of drug-likeness (QED) is 0.0316. The number of piperazine rings is 1. The van der Waals surface area contributed by atoms with Gasteiger partial charge in [-0.15, -0.1) is 11.8 Å². The second kappa shape index (κ2) is 21.4. The molecule has 340 valence electrons. The van der Waals surface area contributed by atoms with E-state index in [1.807, 2.05) is 85.7 Å². The van der Waals surface area contributed by atoms with E-state index >= 15 is 0 Å². The van der Waals surface area contributed by atoms with Crippen molar-refractivity contribution >= 4 is 78.8 Å². The highest BCUT2D eigenvalue weighted by Crippen LogP contribution is 2.33. The third-order valence-electron chi connectivity index (χ3n) is 10.6. The Morgan fingerprint density at radius 2 is 1.57 bits per heavy atom. The fourth-order valence-electron chi connectivity index (χ4n) is 7.32. The Morgan fingerprint density at radius 1 is 0.892 bits per heavy atom. The van der Waals surface area contributed by atoms with Gasteiger partial charge in [0.15, 0.2) is 5.69 Å². The second-order valence-electron chi connectivity index (χ2n) is 15.4. The predicted molar refractivity (Wildman–Crippen MR) is 258 cm³/mol. The number of imidazole rings is 1.